The lowest BCUT2D eigenvalue weighted by molar-refractivity contribution is -0.120. The number of anilines is 2. The van der Waals surface area contributed by atoms with Crippen molar-refractivity contribution >= 4 is 29.0 Å². The molecular weight excluding hydrogens is 250 g/mol. The van der Waals surface area contributed by atoms with Crippen LogP contribution in [-0.4, -0.2) is 16.9 Å². The van der Waals surface area contributed by atoms with Crippen LogP contribution >= 0.6 is 11.6 Å². The minimum absolute atomic E-state index is 0.0462. The molecular formula is C13H18ClN3O. The molecule has 4 nitrogen and oxygen atoms in total. The summed E-state index contributed by atoms with van der Waals surface area (Å²) in [6.07, 6.45) is 3.53. The monoisotopic (exact) mass is 267 g/mol. The molecule has 1 fully saturated rings. The summed E-state index contributed by atoms with van der Waals surface area (Å²) >= 11 is 6.11. The fourth-order valence-corrected chi connectivity index (χ4v) is 1.80. The molecule has 18 heavy (non-hydrogen) atoms. The third kappa shape index (κ3) is 2.93. The molecule has 1 saturated carbocycles. The Hall–Kier alpha value is -1.29. The van der Waals surface area contributed by atoms with Crippen molar-refractivity contribution in [3.8, 4) is 0 Å². The molecule has 2 N–H and O–H groups in total. The number of hydrogen-bond donors (Lipinski definition) is 2. The van der Waals surface area contributed by atoms with Gasteiger partial charge in [0.25, 0.3) is 0 Å². The van der Waals surface area contributed by atoms with Crippen molar-refractivity contribution in [1.82, 2.24) is 4.98 Å². The normalized spacial score (nSPS) is 16.5. The smallest absolute Gasteiger partial charge is 0.230 e. The standard InChI is InChI=1S/C13H18ClN3O/c1-8(2)16-11-10(14)6-9(7-15-11)17-12(18)13(3)4-5-13/h6-8H,4-5H2,1-3H3,(H,15,16)(H,17,18). The molecule has 1 aliphatic carbocycles. The number of halogens is 1. The molecule has 0 spiro atoms. The van der Waals surface area contributed by atoms with Crippen LogP contribution in [0.1, 0.15) is 33.6 Å². The second kappa shape index (κ2) is 4.76. The van der Waals surface area contributed by atoms with Crippen LogP contribution in [0.4, 0.5) is 11.5 Å². The van der Waals surface area contributed by atoms with E-state index in [4.69, 9.17) is 11.6 Å². The highest BCUT2D eigenvalue weighted by Gasteiger charge is 2.44. The second-order valence-corrected chi connectivity index (χ2v) is 5.78. The Morgan fingerprint density at radius 1 is 1.50 bits per heavy atom. The largest absolute Gasteiger partial charge is 0.367 e. The molecule has 1 aliphatic rings. The predicted molar refractivity (Wildman–Crippen MR) is 74.0 cm³/mol. The number of nitrogens with one attached hydrogen (secondary N) is 2. The summed E-state index contributed by atoms with van der Waals surface area (Å²) in [6.45, 7) is 6.00. The van der Waals surface area contributed by atoms with Gasteiger partial charge in [-0.1, -0.05) is 18.5 Å². The van der Waals surface area contributed by atoms with Crippen molar-refractivity contribution in [3.05, 3.63) is 17.3 Å². The number of amides is 1. The maximum absolute atomic E-state index is 11.9. The van der Waals surface area contributed by atoms with Gasteiger partial charge in [0.05, 0.1) is 16.9 Å². The first-order valence-electron chi connectivity index (χ1n) is 6.14. The molecule has 1 heterocycles. The lowest BCUT2D eigenvalue weighted by Crippen LogP contribution is -2.21. The maximum Gasteiger partial charge on any atom is 0.230 e. The van der Waals surface area contributed by atoms with Crippen LogP contribution in [0, 0.1) is 5.41 Å². The zero-order valence-electron chi connectivity index (χ0n) is 10.9. The Balaban J connectivity index is 2.06. The van der Waals surface area contributed by atoms with Gasteiger partial charge in [-0.3, -0.25) is 4.79 Å². The number of carbonyl (C=O) groups excluding carboxylic acids is 1. The fourth-order valence-electron chi connectivity index (χ4n) is 1.58. The van der Waals surface area contributed by atoms with Gasteiger partial charge in [-0.25, -0.2) is 4.98 Å². The van der Waals surface area contributed by atoms with E-state index in [0.29, 0.717) is 16.5 Å². The van der Waals surface area contributed by atoms with Crippen molar-refractivity contribution in [2.75, 3.05) is 10.6 Å². The van der Waals surface area contributed by atoms with Crippen LogP contribution in [0.3, 0.4) is 0 Å². The minimum atomic E-state index is -0.193. The topological polar surface area (TPSA) is 54.0 Å². The van der Waals surface area contributed by atoms with E-state index in [0.717, 1.165) is 12.8 Å². The summed E-state index contributed by atoms with van der Waals surface area (Å²) in [7, 11) is 0. The van der Waals surface area contributed by atoms with Crippen molar-refractivity contribution in [1.29, 1.82) is 0 Å². The van der Waals surface area contributed by atoms with Crippen LogP contribution in [0.5, 0.6) is 0 Å². The zero-order valence-corrected chi connectivity index (χ0v) is 11.6. The predicted octanol–water partition coefficient (Wildman–Crippen LogP) is 3.29. The van der Waals surface area contributed by atoms with E-state index < -0.39 is 0 Å². The van der Waals surface area contributed by atoms with E-state index in [1.54, 1.807) is 12.3 Å². The van der Waals surface area contributed by atoms with Gasteiger partial charge >= 0.3 is 0 Å². The number of rotatable bonds is 4. The molecule has 98 valence electrons. The van der Waals surface area contributed by atoms with Crippen LogP contribution in [-0.2, 0) is 4.79 Å². The molecule has 0 atom stereocenters. The number of carbonyl (C=O) groups is 1. The van der Waals surface area contributed by atoms with Crippen molar-refractivity contribution in [2.24, 2.45) is 5.41 Å². The molecule has 2 rings (SSSR count). The van der Waals surface area contributed by atoms with Gasteiger partial charge in [0.2, 0.25) is 5.91 Å². The number of nitrogens with zero attached hydrogens (tertiary/aromatic N) is 1. The highest BCUT2D eigenvalue weighted by Crippen LogP contribution is 2.45. The van der Waals surface area contributed by atoms with E-state index >= 15 is 0 Å². The number of pyridine rings is 1. The summed E-state index contributed by atoms with van der Waals surface area (Å²) < 4.78 is 0. The second-order valence-electron chi connectivity index (χ2n) is 5.37. The molecule has 0 bridgehead atoms. The van der Waals surface area contributed by atoms with Crippen LogP contribution in [0.2, 0.25) is 5.02 Å². The first-order chi connectivity index (χ1) is 8.40. The Morgan fingerprint density at radius 2 is 2.17 bits per heavy atom. The maximum atomic E-state index is 11.9. The van der Waals surface area contributed by atoms with Gasteiger partial charge in [-0.2, -0.15) is 0 Å². The van der Waals surface area contributed by atoms with Crippen LogP contribution in [0.25, 0.3) is 0 Å². The van der Waals surface area contributed by atoms with Crippen molar-refractivity contribution in [3.63, 3.8) is 0 Å². The summed E-state index contributed by atoms with van der Waals surface area (Å²) in [5, 5.41) is 6.51. The Bertz CT molecular complexity index is 469. The van der Waals surface area contributed by atoms with Gasteiger partial charge < -0.3 is 10.6 Å². The molecule has 0 radical (unpaired) electrons. The Labute approximate surface area is 112 Å². The molecule has 0 unspecified atom stereocenters. The fraction of sp³-hybridized carbons (Fsp3) is 0.538. The minimum Gasteiger partial charge on any atom is -0.367 e. The third-order valence-electron chi connectivity index (χ3n) is 3.07. The lowest BCUT2D eigenvalue weighted by Gasteiger charge is -2.13. The first kappa shape index (κ1) is 13.1. The van der Waals surface area contributed by atoms with Gasteiger partial charge in [-0.05, 0) is 32.8 Å². The summed E-state index contributed by atoms with van der Waals surface area (Å²) in [6, 6.07) is 1.99. The van der Waals surface area contributed by atoms with E-state index in [-0.39, 0.29) is 17.4 Å². The SMILES string of the molecule is CC(C)Nc1ncc(NC(=O)C2(C)CC2)cc1Cl. The summed E-state index contributed by atoms with van der Waals surface area (Å²) in [4.78, 5) is 16.1. The zero-order chi connectivity index (χ0) is 13.3. The van der Waals surface area contributed by atoms with Crippen LogP contribution < -0.4 is 10.6 Å². The number of aromatic nitrogens is 1. The van der Waals surface area contributed by atoms with Crippen molar-refractivity contribution < 1.29 is 4.79 Å². The Kier molecular flexibility index (Phi) is 3.48. The van der Waals surface area contributed by atoms with Gasteiger partial charge in [-0.15, -0.1) is 0 Å². The Morgan fingerprint density at radius 3 is 2.67 bits per heavy atom. The van der Waals surface area contributed by atoms with Gasteiger partial charge in [0.15, 0.2) is 0 Å². The van der Waals surface area contributed by atoms with Crippen LogP contribution in [0.15, 0.2) is 12.3 Å². The molecule has 0 aromatic carbocycles. The lowest BCUT2D eigenvalue weighted by atomic mass is 10.1. The van der Waals surface area contributed by atoms with E-state index in [1.807, 2.05) is 20.8 Å². The highest BCUT2D eigenvalue weighted by atomic mass is 35.5. The average Bonchev–Trinajstić information content (AvgIpc) is 3.01. The van der Waals surface area contributed by atoms with E-state index in [2.05, 4.69) is 15.6 Å². The quantitative estimate of drug-likeness (QED) is 0.880. The molecule has 1 amide bonds. The molecule has 1 aromatic rings. The number of hydrogen-bond acceptors (Lipinski definition) is 3. The highest BCUT2D eigenvalue weighted by molar-refractivity contribution is 6.33. The van der Waals surface area contributed by atoms with Gasteiger partial charge in [0.1, 0.15) is 5.82 Å². The third-order valence-corrected chi connectivity index (χ3v) is 3.36. The summed E-state index contributed by atoms with van der Waals surface area (Å²) in [5.74, 6) is 0.687. The van der Waals surface area contributed by atoms with Crippen molar-refractivity contribution in [2.45, 2.75) is 39.7 Å². The molecule has 0 saturated heterocycles. The summed E-state index contributed by atoms with van der Waals surface area (Å²) in [5.41, 5.74) is 0.453. The van der Waals surface area contributed by atoms with E-state index in [1.165, 1.54) is 0 Å². The van der Waals surface area contributed by atoms with E-state index in [9.17, 15) is 4.79 Å². The molecule has 1 aromatic heterocycles. The first-order valence-corrected chi connectivity index (χ1v) is 6.52. The van der Waals surface area contributed by atoms with Gasteiger partial charge in [0, 0.05) is 11.5 Å². The molecule has 5 heteroatoms. The average molecular weight is 268 g/mol. The molecule has 0 aliphatic heterocycles.